The first kappa shape index (κ1) is 25.6. The second-order valence-corrected chi connectivity index (χ2v) is 10.6. The second kappa shape index (κ2) is 11.4. The number of carbonyl (C=O) groups excluding carboxylic acids is 3. The molecular weight excluding hydrogens is 458 g/mol. The summed E-state index contributed by atoms with van der Waals surface area (Å²) in [6.45, 7) is 3.99. The van der Waals surface area contributed by atoms with Crippen LogP contribution in [0.25, 0.3) is 10.8 Å². The Bertz CT molecular complexity index is 1140. The topological polar surface area (TPSA) is 113 Å². The molecule has 3 rings (SSSR count). The zero-order valence-corrected chi connectivity index (χ0v) is 20.3. The number of fused-ring (bicyclic) bond motifs is 1. The van der Waals surface area contributed by atoms with Crippen LogP contribution in [0.5, 0.6) is 0 Å². The standard InChI is InChI=1S/C24H31N3O6S/c1-18(2)7-10-22(28)25-16-24(30)33-17-23(29)26-11-13-27(14-12-26)34(31,32)21-9-8-19-5-3-4-6-20(19)15-21/h3-6,8-9,15,18H,7,10-14,16-17H2,1-2H3,(H,25,28). The molecule has 0 aromatic heterocycles. The van der Waals surface area contributed by atoms with E-state index < -0.39 is 28.5 Å². The molecule has 10 heteroatoms. The summed E-state index contributed by atoms with van der Waals surface area (Å²) in [5.74, 6) is -0.940. The summed E-state index contributed by atoms with van der Waals surface area (Å²) in [7, 11) is -3.68. The van der Waals surface area contributed by atoms with Crippen molar-refractivity contribution < 1.29 is 27.5 Å². The summed E-state index contributed by atoms with van der Waals surface area (Å²) < 4.78 is 32.4. The predicted octanol–water partition coefficient (Wildman–Crippen LogP) is 1.77. The summed E-state index contributed by atoms with van der Waals surface area (Å²) in [4.78, 5) is 37.6. The Morgan fingerprint density at radius 1 is 1.00 bits per heavy atom. The van der Waals surface area contributed by atoms with Crippen molar-refractivity contribution in [2.24, 2.45) is 5.92 Å². The molecule has 0 atom stereocenters. The molecule has 0 radical (unpaired) electrons. The molecule has 0 bridgehead atoms. The van der Waals surface area contributed by atoms with Crippen LogP contribution in [0.3, 0.4) is 0 Å². The number of sulfonamides is 1. The largest absolute Gasteiger partial charge is 0.454 e. The van der Waals surface area contributed by atoms with Crippen molar-refractivity contribution in [3.05, 3.63) is 42.5 Å². The van der Waals surface area contributed by atoms with Crippen molar-refractivity contribution in [1.29, 1.82) is 0 Å². The van der Waals surface area contributed by atoms with Crippen LogP contribution < -0.4 is 5.32 Å². The molecule has 1 heterocycles. The smallest absolute Gasteiger partial charge is 0.325 e. The van der Waals surface area contributed by atoms with Gasteiger partial charge < -0.3 is 15.0 Å². The first-order chi connectivity index (χ1) is 16.2. The monoisotopic (exact) mass is 489 g/mol. The highest BCUT2D eigenvalue weighted by Crippen LogP contribution is 2.22. The number of nitrogens with zero attached hydrogens (tertiary/aromatic N) is 2. The van der Waals surface area contributed by atoms with Gasteiger partial charge >= 0.3 is 5.97 Å². The Kier molecular flexibility index (Phi) is 8.62. The van der Waals surface area contributed by atoms with E-state index in [4.69, 9.17) is 4.74 Å². The van der Waals surface area contributed by atoms with Crippen LogP contribution in [-0.4, -0.2) is 74.7 Å². The van der Waals surface area contributed by atoms with Crippen LogP contribution in [0.1, 0.15) is 26.7 Å². The van der Waals surface area contributed by atoms with Crippen molar-refractivity contribution in [3.8, 4) is 0 Å². The maximum Gasteiger partial charge on any atom is 0.325 e. The van der Waals surface area contributed by atoms with Gasteiger partial charge in [0.1, 0.15) is 6.54 Å². The molecule has 1 fully saturated rings. The highest BCUT2D eigenvalue weighted by Gasteiger charge is 2.30. The van der Waals surface area contributed by atoms with E-state index in [0.717, 1.165) is 17.2 Å². The Hall–Kier alpha value is -2.98. The molecule has 0 aliphatic carbocycles. The molecule has 34 heavy (non-hydrogen) atoms. The van der Waals surface area contributed by atoms with E-state index in [2.05, 4.69) is 5.32 Å². The Morgan fingerprint density at radius 2 is 1.68 bits per heavy atom. The molecule has 2 amide bonds. The zero-order valence-electron chi connectivity index (χ0n) is 19.5. The maximum absolute atomic E-state index is 13.1. The molecule has 9 nitrogen and oxygen atoms in total. The average Bonchev–Trinajstić information content (AvgIpc) is 2.84. The minimum atomic E-state index is -3.68. The van der Waals surface area contributed by atoms with E-state index in [9.17, 15) is 22.8 Å². The number of piperazine rings is 1. The van der Waals surface area contributed by atoms with Gasteiger partial charge in [-0.25, -0.2) is 8.42 Å². The van der Waals surface area contributed by atoms with E-state index in [-0.39, 0.29) is 43.5 Å². The van der Waals surface area contributed by atoms with Crippen molar-refractivity contribution in [2.45, 2.75) is 31.6 Å². The molecule has 0 spiro atoms. The molecule has 1 N–H and O–H groups in total. The van der Waals surface area contributed by atoms with Gasteiger partial charge in [0, 0.05) is 32.6 Å². The van der Waals surface area contributed by atoms with Gasteiger partial charge in [0.25, 0.3) is 5.91 Å². The first-order valence-corrected chi connectivity index (χ1v) is 12.8. The number of ether oxygens (including phenoxy) is 1. The van der Waals surface area contributed by atoms with Crippen LogP contribution in [0.15, 0.2) is 47.4 Å². The molecule has 0 saturated carbocycles. The number of hydrogen-bond donors (Lipinski definition) is 1. The fourth-order valence-electron chi connectivity index (χ4n) is 3.62. The Labute approximate surface area is 200 Å². The molecule has 1 saturated heterocycles. The van der Waals surface area contributed by atoms with Crippen LogP contribution in [0.2, 0.25) is 0 Å². The van der Waals surface area contributed by atoms with Gasteiger partial charge in [-0.2, -0.15) is 4.31 Å². The molecule has 2 aromatic carbocycles. The van der Waals surface area contributed by atoms with Gasteiger partial charge in [-0.05, 0) is 35.2 Å². The molecule has 0 unspecified atom stereocenters. The van der Waals surface area contributed by atoms with E-state index in [1.165, 1.54) is 9.21 Å². The van der Waals surface area contributed by atoms with Crippen LogP contribution in [0.4, 0.5) is 0 Å². The number of esters is 1. The minimum Gasteiger partial charge on any atom is -0.454 e. The van der Waals surface area contributed by atoms with Gasteiger partial charge in [-0.1, -0.05) is 44.2 Å². The van der Waals surface area contributed by atoms with Crippen molar-refractivity contribution >= 4 is 38.6 Å². The normalized spacial score (nSPS) is 14.9. The minimum absolute atomic E-state index is 0.154. The molecule has 1 aliphatic rings. The van der Waals surface area contributed by atoms with Crippen molar-refractivity contribution in [3.63, 3.8) is 0 Å². The molecule has 2 aromatic rings. The van der Waals surface area contributed by atoms with Crippen molar-refractivity contribution in [2.75, 3.05) is 39.3 Å². The highest BCUT2D eigenvalue weighted by molar-refractivity contribution is 7.89. The Morgan fingerprint density at radius 3 is 2.35 bits per heavy atom. The van der Waals surface area contributed by atoms with Crippen LogP contribution >= 0.6 is 0 Å². The lowest BCUT2D eigenvalue weighted by atomic mass is 10.1. The van der Waals surface area contributed by atoms with Gasteiger partial charge in [0.05, 0.1) is 4.90 Å². The SMILES string of the molecule is CC(C)CCC(=O)NCC(=O)OCC(=O)N1CCN(S(=O)(=O)c2ccc3ccccc3c2)CC1. The number of amides is 2. The number of benzene rings is 2. The fraction of sp³-hybridized carbons (Fsp3) is 0.458. The highest BCUT2D eigenvalue weighted by atomic mass is 32.2. The Balaban J connectivity index is 1.45. The quantitative estimate of drug-likeness (QED) is 0.537. The summed E-state index contributed by atoms with van der Waals surface area (Å²) in [5, 5.41) is 4.28. The number of rotatable bonds is 9. The third-order valence-electron chi connectivity index (χ3n) is 5.69. The lowest BCUT2D eigenvalue weighted by Crippen LogP contribution is -2.51. The third-order valence-corrected chi connectivity index (χ3v) is 7.58. The molecule has 184 valence electrons. The molecule has 1 aliphatic heterocycles. The molecular formula is C24H31N3O6S. The lowest BCUT2D eigenvalue weighted by Gasteiger charge is -2.33. The maximum atomic E-state index is 13.1. The predicted molar refractivity (Wildman–Crippen MR) is 127 cm³/mol. The van der Waals surface area contributed by atoms with Crippen LogP contribution in [0, 0.1) is 5.92 Å². The summed E-state index contributed by atoms with van der Waals surface area (Å²) in [6.07, 6.45) is 1.05. The number of hydrogen-bond acceptors (Lipinski definition) is 6. The second-order valence-electron chi connectivity index (χ2n) is 8.66. The fourth-order valence-corrected chi connectivity index (χ4v) is 5.08. The number of nitrogens with one attached hydrogen (secondary N) is 1. The average molecular weight is 490 g/mol. The van der Waals surface area contributed by atoms with Crippen molar-refractivity contribution in [1.82, 2.24) is 14.5 Å². The van der Waals surface area contributed by atoms with E-state index in [1.807, 2.05) is 38.1 Å². The van der Waals surface area contributed by atoms with Gasteiger partial charge in [0.15, 0.2) is 6.61 Å². The first-order valence-electron chi connectivity index (χ1n) is 11.4. The van der Waals surface area contributed by atoms with E-state index in [0.29, 0.717) is 12.3 Å². The summed E-state index contributed by atoms with van der Waals surface area (Å²) in [6, 6.07) is 12.6. The van der Waals surface area contributed by atoms with E-state index >= 15 is 0 Å². The lowest BCUT2D eigenvalue weighted by molar-refractivity contribution is -0.152. The number of carbonyl (C=O) groups is 3. The summed E-state index contributed by atoms with van der Waals surface area (Å²) in [5.41, 5.74) is 0. The van der Waals surface area contributed by atoms with E-state index in [1.54, 1.807) is 18.2 Å². The van der Waals surface area contributed by atoms with Gasteiger partial charge in [0.2, 0.25) is 15.9 Å². The summed E-state index contributed by atoms with van der Waals surface area (Å²) >= 11 is 0. The van der Waals surface area contributed by atoms with Crippen LogP contribution in [-0.2, 0) is 29.1 Å². The van der Waals surface area contributed by atoms with Gasteiger partial charge in [-0.15, -0.1) is 0 Å². The third kappa shape index (κ3) is 6.77. The zero-order chi connectivity index (χ0) is 24.7. The van der Waals surface area contributed by atoms with Gasteiger partial charge in [-0.3, -0.25) is 14.4 Å².